The van der Waals surface area contributed by atoms with Gasteiger partial charge in [-0.3, -0.25) is 0 Å². The molecule has 7 heteroatoms. The van der Waals surface area contributed by atoms with Crippen LogP contribution in [0.3, 0.4) is 0 Å². The standard InChI is InChI=1S/C15H23N5S.HI/c1-5-16-15(17-8-13-6-7-20(4)10-13)18-9-14-11(2)19-12(3)21-14;/h6-7,10H,5,8-9H2,1-4H3,(H2,16,17,18);1H. The van der Waals surface area contributed by atoms with Crippen LogP contribution in [0.15, 0.2) is 23.5 Å². The number of hydrogen-bond donors (Lipinski definition) is 2. The number of nitrogens with one attached hydrogen (secondary N) is 2. The second-order valence-corrected chi connectivity index (χ2v) is 6.26. The van der Waals surface area contributed by atoms with E-state index in [1.807, 2.05) is 24.7 Å². The third kappa shape index (κ3) is 5.60. The number of hydrogen-bond acceptors (Lipinski definition) is 3. The topological polar surface area (TPSA) is 54.2 Å². The Hall–Kier alpha value is -1.09. The zero-order valence-corrected chi connectivity index (χ0v) is 16.7. The van der Waals surface area contributed by atoms with Crippen molar-refractivity contribution in [2.75, 3.05) is 6.54 Å². The predicted molar refractivity (Wildman–Crippen MR) is 104 cm³/mol. The molecule has 0 aliphatic carbocycles. The Bertz CT molecular complexity index is 617. The lowest BCUT2D eigenvalue weighted by molar-refractivity contribution is 0.818. The molecule has 2 rings (SSSR count). The van der Waals surface area contributed by atoms with E-state index in [4.69, 9.17) is 0 Å². The Morgan fingerprint density at radius 1 is 1.36 bits per heavy atom. The highest BCUT2D eigenvalue weighted by Gasteiger charge is 2.05. The summed E-state index contributed by atoms with van der Waals surface area (Å²) in [7, 11) is 2.02. The molecule has 0 radical (unpaired) electrons. The molecule has 0 saturated heterocycles. The highest BCUT2D eigenvalue weighted by atomic mass is 127. The van der Waals surface area contributed by atoms with Crippen molar-refractivity contribution in [1.29, 1.82) is 0 Å². The lowest BCUT2D eigenvalue weighted by Crippen LogP contribution is -2.36. The molecule has 0 aliphatic rings. The fourth-order valence-corrected chi connectivity index (χ4v) is 2.94. The predicted octanol–water partition coefficient (Wildman–Crippen LogP) is 2.97. The van der Waals surface area contributed by atoms with E-state index in [-0.39, 0.29) is 24.0 Å². The van der Waals surface area contributed by atoms with Gasteiger partial charge in [-0.25, -0.2) is 9.98 Å². The first kappa shape index (κ1) is 19.0. The molecule has 0 bridgehead atoms. The fraction of sp³-hybridized carbons (Fsp3) is 0.467. The van der Waals surface area contributed by atoms with Crippen LogP contribution in [0.4, 0.5) is 0 Å². The Balaban J connectivity index is 0.00000242. The number of aliphatic imine (C=N–C) groups is 1. The number of halogens is 1. The maximum Gasteiger partial charge on any atom is 0.191 e. The molecule has 2 heterocycles. The van der Waals surface area contributed by atoms with E-state index >= 15 is 0 Å². The van der Waals surface area contributed by atoms with Crippen molar-refractivity contribution >= 4 is 41.3 Å². The smallest absolute Gasteiger partial charge is 0.191 e. The summed E-state index contributed by atoms with van der Waals surface area (Å²) in [6, 6.07) is 2.09. The second kappa shape index (κ2) is 9.14. The first-order valence-corrected chi connectivity index (χ1v) is 7.96. The van der Waals surface area contributed by atoms with E-state index in [0.29, 0.717) is 6.54 Å². The van der Waals surface area contributed by atoms with Gasteiger partial charge >= 0.3 is 0 Å². The third-order valence-electron chi connectivity index (χ3n) is 3.07. The van der Waals surface area contributed by atoms with Crippen molar-refractivity contribution in [3.05, 3.63) is 39.6 Å². The second-order valence-electron chi connectivity index (χ2n) is 4.98. The number of guanidine groups is 1. The van der Waals surface area contributed by atoms with Crippen LogP contribution in [-0.2, 0) is 20.1 Å². The van der Waals surface area contributed by atoms with Gasteiger partial charge in [0.05, 0.1) is 23.8 Å². The SMILES string of the molecule is CCNC(=NCc1ccn(C)c1)NCc1sc(C)nc1C.I. The van der Waals surface area contributed by atoms with Crippen LogP contribution in [0.1, 0.15) is 28.1 Å². The number of rotatable bonds is 5. The summed E-state index contributed by atoms with van der Waals surface area (Å²) in [4.78, 5) is 10.3. The summed E-state index contributed by atoms with van der Waals surface area (Å²) in [5.74, 6) is 0.840. The Kier molecular flexibility index (Phi) is 7.88. The van der Waals surface area contributed by atoms with E-state index in [2.05, 4.69) is 46.7 Å². The molecular weight excluding hydrogens is 409 g/mol. The molecule has 0 saturated carbocycles. The molecule has 0 atom stereocenters. The molecule has 2 aromatic rings. The van der Waals surface area contributed by atoms with E-state index in [1.54, 1.807) is 11.3 Å². The first-order chi connectivity index (χ1) is 10.1. The number of aryl methyl sites for hydroxylation is 3. The highest BCUT2D eigenvalue weighted by molar-refractivity contribution is 14.0. The van der Waals surface area contributed by atoms with Crippen molar-refractivity contribution in [2.45, 2.75) is 33.9 Å². The van der Waals surface area contributed by atoms with Crippen LogP contribution < -0.4 is 10.6 Å². The van der Waals surface area contributed by atoms with Gasteiger partial charge in [0.15, 0.2) is 5.96 Å². The summed E-state index contributed by atoms with van der Waals surface area (Å²) >= 11 is 1.73. The average molecular weight is 433 g/mol. The van der Waals surface area contributed by atoms with Crippen molar-refractivity contribution in [1.82, 2.24) is 20.2 Å². The minimum atomic E-state index is 0. The first-order valence-electron chi connectivity index (χ1n) is 7.14. The van der Waals surface area contributed by atoms with Gasteiger partial charge in [0.2, 0.25) is 0 Å². The Morgan fingerprint density at radius 2 is 2.14 bits per heavy atom. The van der Waals surface area contributed by atoms with E-state index in [0.717, 1.165) is 29.8 Å². The fourth-order valence-electron chi connectivity index (χ4n) is 2.07. The average Bonchev–Trinajstić information content (AvgIpc) is 2.99. The van der Waals surface area contributed by atoms with Crippen molar-refractivity contribution in [3.8, 4) is 0 Å². The van der Waals surface area contributed by atoms with Gasteiger partial charge in [-0.2, -0.15) is 0 Å². The lowest BCUT2D eigenvalue weighted by Gasteiger charge is -2.10. The largest absolute Gasteiger partial charge is 0.357 e. The zero-order valence-electron chi connectivity index (χ0n) is 13.5. The summed E-state index contributed by atoms with van der Waals surface area (Å²) in [5.41, 5.74) is 2.31. The van der Waals surface area contributed by atoms with Crippen molar-refractivity contribution in [2.24, 2.45) is 12.0 Å². The quantitative estimate of drug-likeness (QED) is 0.433. The summed E-state index contributed by atoms with van der Waals surface area (Å²) in [5, 5.41) is 7.75. The number of nitrogens with zero attached hydrogens (tertiary/aromatic N) is 3. The van der Waals surface area contributed by atoms with Crippen LogP contribution in [-0.4, -0.2) is 22.1 Å². The summed E-state index contributed by atoms with van der Waals surface area (Å²) in [6.45, 7) is 8.45. The van der Waals surface area contributed by atoms with Gasteiger partial charge in [-0.15, -0.1) is 35.3 Å². The van der Waals surface area contributed by atoms with Crippen LogP contribution in [0.5, 0.6) is 0 Å². The Labute approximate surface area is 153 Å². The molecule has 5 nitrogen and oxygen atoms in total. The maximum atomic E-state index is 4.61. The molecule has 0 aliphatic heterocycles. The minimum absolute atomic E-state index is 0. The van der Waals surface area contributed by atoms with E-state index in [9.17, 15) is 0 Å². The van der Waals surface area contributed by atoms with E-state index in [1.165, 1.54) is 10.4 Å². The summed E-state index contributed by atoms with van der Waals surface area (Å²) in [6.07, 6.45) is 4.12. The maximum absolute atomic E-state index is 4.61. The van der Waals surface area contributed by atoms with E-state index < -0.39 is 0 Å². The molecule has 0 spiro atoms. The molecule has 22 heavy (non-hydrogen) atoms. The van der Waals surface area contributed by atoms with Crippen LogP contribution in [0.25, 0.3) is 0 Å². The van der Waals surface area contributed by atoms with Gasteiger partial charge in [-0.05, 0) is 32.4 Å². The van der Waals surface area contributed by atoms with Crippen molar-refractivity contribution in [3.63, 3.8) is 0 Å². The molecule has 0 fully saturated rings. The minimum Gasteiger partial charge on any atom is -0.357 e. The normalized spacial score (nSPS) is 11.2. The molecule has 0 amide bonds. The molecule has 0 unspecified atom stereocenters. The molecule has 2 N–H and O–H groups in total. The van der Waals surface area contributed by atoms with Gasteiger partial charge in [0, 0.05) is 30.9 Å². The van der Waals surface area contributed by atoms with Crippen LogP contribution in [0.2, 0.25) is 0 Å². The van der Waals surface area contributed by atoms with Crippen LogP contribution in [0, 0.1) is 13.8 Å². The monoisotopic (exact) mass is 433 g/mol. The Morgan fingerprint density at radius 3 is 2.68 bits per heavy atom. The molecule has 2 aromatic heterocycles. The van der Waals surface area contributed by atoms with Gasteiger partial charge in [0.25, 0.3) is 0 Å². The van der Waals surface area contributed by atoms with Gasteiger partial charge < -0.3 is 15.2 Å². The van der Waals surface area contributed by atoms with Crippen LogP contribution >= 0.6 is 35.3 Å². The van der Waals surface area contributed by atoms with Crippen molar-refractivity contribution < 1.29 is 0 Å². The number of thiazole rings is 1. The third-order valence-corrected chi connectivity index (χ3v) is 4.15. The highest BCUT2D eigenvalue weighted by Crippen LogP contribution is 2.16. The molecule has 122 valence electrons. The van der Waals surface area contributed by atoms with Gasteiger partial charge in [-0.1, -0.05) is 0 Å². The summed E-state index contributed by atoms with van der Waals surface area (Å²) < 4.78 is 2.04. The zero-order chi connectivity index (χ0) is 15.2. The molecule has 0 aromatic carbocycles. The number of aromatic nitrogens is 2. The lowest BCUT2D eigenvalue weighted by atomic mass is 10.3. The van der Waals surface area contributed by atoms with Gasteiger partial charge in [0.1, 0.15) is 0 Å². The molecular formula is C15H24IN5S.